The van der Waals surface area contributed by atoms with Gasteiger partial charge in [-0.05, 0) is 36.4 Å². The van der Waals surface area contributed by atoms with Crippen LogP contribution in [-0.4, -0.2) is 149 Å². The first-order valence-electron chi connectivity index (χ1n) is 18.6. The number of esters is 4. The second kappa shape index (κ2) is 17.1. The number of phenolic OH excluding ortho intramolecular Hbond substituents is 14. The topological polar surface area (TPSA) is 464 Å². The summed E-state index contributed by atoms with van der Waals surface area (Å²) in [5.74, 6) is -29.0. The Hall–Kier alpha value is -9.63. The lowest BCUT2D eigenvalue weighted by atomic mass is 9.92. The molecular weight excluding hydrogens is 924 g/mol. The van der Waals surface area contributed by atoms with E-state index in [1.54, 1.807) is 0 Å². The standard InChI is InChI=1S/C41H30O27/c42-14-2-10(3-15(43)24(14)48)37(58)67-34-33-21(8-63-38(59)11-5-17(45)26(50)29(53)22(11)23-12(39(60)66-33)6-18(46)27(51)30(23)54)65-41(62)35(34)68-40(61)13-7-19(47)28(52)31(55)32(13)64-20-4-9(36(56)57)1-16(44)25(20)49/h1-7,21,33-35,41-55,62H,8H2,(H,56,57). The Morgan fingerprint density at radius 3 is 1.59 bits per heavy atom. The average molecular weight is 955 g/mol. The van der Waals surface area contributed by atoms with Gasteiger partial charge in [-0.3, -0.25) is 0 Å². The van der Waals surface area contributed by atoms with Crippen molar-refractivity contribution in [3.63, 3.8) is 0 Å². The van der Waals surface area contributed by atoms with Gasteiger partial charge in [-0.15, -0.1) is 0 Å². The van der Waals surface area contributed by atoms with Crippen LogP contribution in [0.1, 0.15) is 51.8 Å². The van der Waals surface area contributed by atoms with E-state index in [0.717, 1.165) is 0 Å². The Balaban J connectivity index is 1.38. The van der Waals surface area contributed by atoms with Crippen LogP contribution in [-0.2, 0) is 23.7 Å². The second-order valence-electron chi connectivity index (χ2n) is 14.4. The maximum atomic E-state index is 14.3. The smallest absolute Gasteiger partial charge is 0.342 e. The van der Waals surface area contributed by atoms with Crippen molar-refractivity contribution in [1.29, 1.82) is 0 Å². The first kappa shape index (κ1) is 46.4. The molecule has 5 aromatic rings. The molecule has 27 nitrogen and oxygen atoms in total. The Morgan fingerprint density at radius 1 is 0.529 bits per heavy atom. The number of benzene rings is 5. The van der Waals surface area contributed by atoms with Gasteiger partial charge in [0.05, 0.1) is 22.3 Å². The van der Waals surface area contributed by atoms with E-state index in [4.69, 9.17) is 28.4 Å². The molecule has 356 valence electrons. The van der Waals surface area contributed by atoms with Crippen LogP contribution in [0.25, 0.3) is 11.1 Å². The molecule has 16 N–H and O–H groups in total. The third-order valence-corrected chi connectivity index (χ3v) is 10.2. The van der Waals surface area contributed by atoms with E-state index in [-0.39, 0.29) is 0 Å². The van der Waals surface area contributed by atoms with Gasteiger partial charge in [0.1, 0.15) is 18.3 Å². The zero-order valence-corrected chi connectivity index (χ0v) is 33.3. The van der Waals surface area contributed by atoms with E-state index in [0.29, 0.717) is 42.5 Å². The molecule has 0 saturated carbocycles. The molecule has 2 aliphatic rings. The molecule has 5 aromatic carbocycles. The van der Waals surface area contributed by atoms with E-state index in [1.165, 1.54) is 0 Å². The summed E-state index contributed by atoms with van der Waals surface area (Å²) >= 11 is 0. The van der Waals surface area contributed by atoms with Crippen molar-refractivity contribution in [3.05, 3.63) is 70.3 Å². The van der Waals surface area contributed by atoms with Crippen LogP contribution < -0.4 is 4.74 Å². The highest BCUT2D eigenvalue weighted by Gasteiger charge is 2.53. The fraction of sp³-hybridized carbons (Fsp3) is 0.146. The zero-order chi connectivity index (χ0) is 50.0. The molecule has 7 rings (SSSR count). The minimum absolute atomic E-state index is 0.340. The Labute approximate surface area is 374 Å². The summed E-state index contributed by atoms with van der Waals surface area (Å²) in [6.07, 6.45) is -12.3. The molecule has 68 heavy (non-hydrogen) atoms. The molecule has 1 fully saturated rings. The largest absolute Gasteiger partial charge is 0.504 e. The monoisotopic (exact) mass is 954 g/mol. The van der Waals surface area contributed by atoms with Gasteiger partial charge in [-0.2, -0.15) is 0 Å². The second-order valence-corrected chi connectivity index (χ2v) is 14.4. The average Bonchev–Trinajstić information content (AvgIpc) is 3.29. The predicted octanol–water partition coefficient (Wildman–Crippen LogP) is 1.59. The highest BCUT2D eigenvalue weighted by atomic mass is 16.7. The molecule has 0 aromatic heterocycles. The number of carboxylic acid groups (broad SMARTS) is 1. The van der Waals surface area contributed by atoms with E-state index in [9.17, 15) is 106 Å². The number of rotatable bonds is 7. The lowest BCUT2D eigenvalue weighted by molar-refractivity contribution is -0.284. The maximum absolute atomic E-state index is 14.3. The van der Waals surface area contributed by atoms with Gasteiger partial charge >= 0.3 is 29.8 Å². The van der Waals surface area contributed by atoms with Crippen LogP contribution in [0, 0.1) is 0 Å². The number of aromatic carboxylic acids is 1. The molecule has 0 radical (unpaired) electrons. The predicted molar refractivity (Wildman–Crippen MR) is 210 cm³/mol. The van der Waals surface area contributed by atoms with Crippen molar-refractivity contribution in [3.8, 4) is 103 Å². The summed E-state index contributed by atoms with van der Waals surface area (Å²) in [6.45, 7) is -1.21. The number of carboxylic acids is 1. The summed E-state index contributed by atoms with van der Waals surface area (Å²) in [5, 5.41) is 167. The molecule has 2 heterocycles. The number of cyclic esters (lactones) is 1. The molecule has 5 unspecified atom stereocenters. The minimum atomic E-state index is -2.64. The van der Waals surface area contributed by atoms with E-state index in [2.05, 4.69) is 0 Å². The molecule has 0 amide bonds. The molecule has 2 aliphatic heterocycles. The summed E-state index contributed by atoms with van der Waals surface area (Å²) in [4.78, 5) is 67.5. The third-order valence-electron chi connectivity index (χ3n) is 10.2. The van der Waals surface area contributed by atoms with E-state index >= 15 is 0 Å². The number of fused-ring (bicyclic) bond motifs is 4. The van der Waals surface area contributed by atoms with Crippen molar-refractivity contribution < 1.29 is 134 Å². The van der Waals surface area contributed by atoms with Gasteiger partial charge < -0.3 is 110 Å². The van der Waals surface area contributed by atoms with Crippen molar-refractivity contribution in [1.82, 2.24) is 0 Å². The maximum Gasteiger partial charge on any atom is 0.342 e. The number of ether oxygens (including phenoxy) is 6. The van der Waals surface area contributed by atoms with Gasteiger partial charge in [-0.25, -0.2) is 24.0 Å². The highest BCUT2D eigenvalue weighted by molar-refractivity contribution is 6.08. The summed E-state index contributed by atoms with van der Waals surface area (Å²) in [6, 6.07) is 3.39. The summed E-state index contributed by atoms with van der Waals surface area (Å²) in [7, 11) is 0. The number of carbonyl (C=O) groups excluding carboxylic acids is 4. The quantitative estimate of drug-likeness (QED) is 0.0625. The van der Waals surface area contributed by atoms with Crippen molar-refractivity contribution in [2.24, 2.45) is 0 Å². The third kappa shape index (κ3) is 7.96. The number of aliphatic hydroxyl groups is 1. The van der Waals surface area contributed by atoms with Crippen LogP contribution in [0.4, 0.5) is 0 Å². The molecule has 27 heteroatoms. The number of aliphatic hydroxyl groups excluding tert-OH is 1. The van der Waals surface area contributed by atoms with E-state index < -0.39 is 198 Å². The summed E-state index contributed by atoms with van der Waals surface area (Å²) in [5.41, 5.74) is -6.96. The molecule has 0 spiro atoms. The van der Waals surface area contributed by atoms with Crippen molar-refractivity contribution >= 4 is 29.8 Å². The normalized spacial score (nSPS) is 18.9. The zero-order valence-electron chi connectivity index (χ0n) is 33.3. The van der Waals surface area contributed by atoms with Crippen LogP contribution >= 0.6 is 0 Å². The summed E-state index contributed by atoms with van der Waals surface area (Å²) < 4.78 is 32.6. The van der Waals surface area contributed by atoms with Crippen LogP contribution in [0.15, 0.2) is 42.5 Å². The molecule has 5 atom stereocenters. The molecule has 0 bridgehead atoms. The molecule has 0 aliphatic carbocycles. The van der Waals surface area contributed by atoms with Gasteiger partial charge in [0.15, 0.2) is 87.8 Å². The van der Waals surface area contributed by atoms with Crippen LogP contribution in [0.3, 0.4) is 0 Å². The first-order chi connectivity index (χ1) is 31.9. The SMILES string of the molecule is O=C(O)c1cc(O)c(O)c(Oc2c(C(=O)OC3C(O)OC4COC(=O)c5cc(O)c(O)c(O)c5-c5c(cc(O)c(O)c5O)C(=O)OC4C3OC(=O)c3cc(O)c(O)c(O)c3)cc(O)c(O)c2O)c1. The van der Waals surface area contributed by atoms with Crippen LogP contribution in [0.5, 0.6) is 92.0 Å². The lowest BCUT2D eigenvalue weighted by Gasteiger charge is -2.42. The fourth-order valence-corrected chi connectivity index (χ4v) is 6.86. The van der Waals surface area contributed by atoms with E-state index in [1.807, 2.05) is 0 Å². The number of hydrogen-bond acceptors (Lipinski definition) is 26. The highest BCUT2D eigenvalue weighted by Crippen LogP contribution is 2.54. The lowest BCUT2D eigenvalue weighted by Crippen LogP contribution is -2.62. The number of carbonyl (C=O) groups is 5. The van der Waals surface area contributed by atoms with Gasteiger partial charge in [0, 0.05) is 17.2 Å². The van der Waals surface area contributed by atoms with Crippen molar-refractivity contribution in [2.45, 2.75) is 30.7 Å². The first-order valence-corrected chi connectivity index (χ1v) is 18.6. The Morgan fingerprint density at radius 2 is 1.01 bits per heavy atom. The van der Waals surface area contributed by atoms with Gasteiger partial charge in [0.25, 0.3) is 0 Å². The number of aromatic hydroxyl groups is 14. The van der Waals surface area contributed by atoms with Gasteiger partial charge in [-0.1, -0.05) is 0 Å². The van der Waals surface area contributed by atoms with Gasteiger partial charge in [0.2, 0.25) is 28.7 Å². The number of phenols is 14. The Kier molecular flexibility index (Phi) is 11.6. The van der Waals surface area contributed by atoms with Crippen LogP contribution in [0.2, 0.25) is 0 Å². The fourth-order valence-electron chi connectivity index (χ4n) is 6.86. The Bertz CT molecular complexity index is 2970. The number of hydrogen-bond donors (Lipinski definition) is 16. The molecule has 1 saturated heterocycles. The minimum Gasteiger partial charge on any atom is -0.504 e. The molecular formula is C41H30O27. The van der Waals surface area contributed by atoms with Crippen molar-refractivity contribution in [2.75, 3.05) is 6.61 Å².